The predicted molar refractivity (Wildman–Crippen MR) is 130 cm³/mol. The van der Waals surface area contributed by atoms with Gasteiger partial charge in [0.1, 0.15) is 0 Å². The van der Waals surface area contributed by atoms with Crippen LogP contribution in [0.2, 0.25) is 10.2 Å². The van der Waals surface area contributed by atoms with E-state index in [4.69, 9.17) is 32.9 Å². The van der Waals surface area contributed by atoms with Gasteiger partial charge < -0.3 is 15.0 Å². The van der Waals surface area contributed by atoms with E-state index in [1.165, 1.54) is 12.8 Å². The molecule has 4 heterocycles. The van der Waals surface area contributed by atoms with Crippen LogP contribution < -0.4 is 10.2 Å². The van der Waals surface area contributed by atoms with Gasteiger partial charge in [-0.05, 0) is 44.2 Å². The molecule has 5 rings (SSSR count). The van der Waals surface area contributed by atoms with Crippen LogP contribution >= 0.6 is 23.2 Å². The van der Waals surface area contributed by atoms with E-state index in [0.717, 1.165) is 61.2 Å². The highest BCUT2D eigenvalue weighted by Gasteiger charge is 2.38. The lowest BCUT2D eigenvalue weighted by Crippen LogP contribution is -2.44. The molecule has 0 atom stereocenters. The van der Waals surface area contributed by atoms with Crippen molar-refractivity contribution < 1.29 is 4.74 Å². The van der Waals surface area contributed by atoms with Crippen molar-refractivity contribution in [1.82, 2.24) is 19.7 Å². The smallest absolute Gasteiger partial charge is 0.227 e. The third-order valence-electron chi connectivity index (χ3n) is 6.51. The van der Waals surface area contributed by atoms with Crippen molar-refractivity contribution in [3.63, 3.8) is 0 Å². The number of halogens is 2. The molecule has 0 unspecified atom stereocenters. The minimum Gasteiger partial charge on any atom is -0.375 e. The summed E-state index contributed by atoms with van der Waals surface area (Å²) >= 11 is 13.1. The topological polar surface area (TPSA) is 68.1 Å². The molecule has 7 nitrogen and oxygen atoms in total. The molecule has 168 valence electrons. The molecule has 0 saturated carbocycles. The zero-order chi connectivity index (χ0) is 22.3. The van der Waals surface area contributed by atoms with Gasteiger partial charge in [0, 0.05) is 37.0 Å². The van der Waals surface area contributed by atoms with Crippen molar-refractivity contribution >= 4 is 57.1 Å². The normalized spacial score (nSPS) is 17.9. The summed E-state index contributed by atoms with van der Waals surface area (Å²) in [6.07, 6.45) is 8.56. The minimum absolute atomic E-state index is 0.0753. The molecule has 2 aliphatic heterocycles. The Balaban J connectivity index is 1.39. The van der Waals surface area contributed by atoms with Crippen molar-refractivity contribution in [3.8, 4) is 0 Å². The van der Waals surface area contributed by atoms with Crippen LogP contribution in [0.4, 0.5) is 17.3 Å². The average Bonchev–Trinajstić information content (AvgIpc) is 3.40. The molecule has 2 fully saturated rings. The van der Waals surface area contributed by atoms with Crippen LogP contribution in [0.25, 0.3) is 16.6 Å². The molecular weight excluding hydrogens is 447 g/mol. The van der Waals surface area contributed by atoms with Crippen LogP contribution in [0.15, 0.2) is 31.1 Å². The highest BCUT2D eigenvalue weighted by molar-refractivity contribution is 6.34. The Morgan fingerprint density at radius 3 is 2.75 bits per heavy atom. The van der Waals surface area contributed by atoms with E-state index in [1.807, 2.05) is 19.1 Å². The molecule has 2 aromatic heterocycles. The summed E-state index contributed by atoms with van der Waals surface area (Å²) in [5, 5.41) is 9.52. The van der Waals surface area contributed by atoms with Gasteiger partial charge in [0.2, 0.25) is 5.95 Å². The molecule has 9 heteroatoms. The number of rotatable bonds is 5. The molecule has 0 radical (unpaired) electrons. The van der Waals surface area contributed by atoms with Crippen LogP contribution in [0, 0.1) is 0 Å². The Bertz CT molecular complexity index is 1160. The van der Waals surface area contributed by atoms with E-state index in [-0.39, 0.29) is 5.60 Å². The lowest BCUT2D eigenvalue weighted by Gasteiger charge is -2.40. The number of nitrogens with zero attached hydrogens (tertiary/aromatic N) is 5. The Hall–Kier alpha value is -2.35. The largest absolute Gasteiger partial charge is 0.375 e. The second kappa shape index (κ2) is 8.54. The first-order chi connectivity index (χ1) is 15.5. The molecule has 1 aromatic carbocycles. The van der Waals surface area contributed by atoms with Gasteiger partial charge in [-0.15, -0.1) is 0 Å². The number of benzene rings is 1. The summed E-state index contributed by atoms with van der Waals surface area (Å²) < 4.78 is 7.67. The van der Waals surface area contributed by atoms with E-state index in [1.54, 1.807) is 17.1 Å². The third kappa shape index (κ3) is 3.93. The number of hydrogen-bond acceptors (Lipinski definition) is 6. The fraction of sp³-hybridized carbons (Fsp3) is 0.435. The Kier molecular flexibility index (Phi) is 5.73. The van der Waals surface area contributed by atoms with Gasteiger partial charge in [0.15, 0.2) is 5.15 Å². The second-order valence-electron chi connectivity index (χ2n) is 8.48. The van der Waals surface area contributed by atoms with Crippen molar-refractivity contribution in [2.45, 2.75) is 44.6 Å². The van der Waals surface area contributed by atoms with Gasteiger partial charge in [-0.1, -0.05) is 36.7 Å². The van der Waals surface area contributed by atoms with Gasteiger partial charge in [-0.3, -0.25) is 0 Å². The summed E-state index contributed by atoms with van der Waals surface area (Å²) in [5.74, 6) is 0.450. The number of hydrogen-bond donors (Lipinski definition) is 1. The summed E-state index contributed by atoms with van der Waals surface area (Å²) in [5.41, 5.74) is 3.34. The Labute approximate surface area is 197 Å². The standard InChI is InChI=1S/C23H26Cl2N6O/c1-3-15(2)31-21(25)19(14-27-31)29-22-26-13-16-11-17(24)20(12-18(16)28-22)30-8-6-23(7-9-30)5-4-10-32-23/h11-14H,2-10H2,1H3,(H,26,28,29). The van der Waals surface area contributed by atoms with Crippen molar-refractivity contribution in [1.29, 1.82) is 0 Å². The molecule has 0 amide bonds. The van der Waals surface area contributed by atoms with Crippen molar-refractivity contribution in [2.75, 3.05) is 29.9 Å². The van der Waals surface area contributed by atoms with E-state index in [0.29, 0.717) is 21.8 Å². The fourth-order valence-corrected chi connectivity index (χ4v) is 5.11. The van der Waals surface area contributed by atoms with Gasteiger partial charge in [-0.2, -0.15) is 5.10 Å². The molecule has 2 aliphatic rings. The molecular formula is C23H26Cl2N6O. The number of ether oxygens (including phenoxy) is 1. The maximum absolute atomic E-state index is 6.64. The summed E-state index contributed by atoms with van der Waals surface area (Å²) in [6.45, 7) is 8.73. The van der Waals surface area contributed by atoms with E-state index in [2.05, 4.69) is 26.9 Å². The van der Waals surface area contributed by atoms with Crippen LogP contribution in [-0.4, -0.2) is 45.0 Å². The first kappa shape index (κ1) is 21.5. The Morgan fingerprint density at radius 2 is 2.03 bits per heavy atom. The SMILES string of the molecule is C=C(CC)n1ncc(Nc2ncc3cc(Cl)c(N4CCC5(CCCO5)CC4)cc3n2)c1Cl. The summed E-state index contributed by atoms with van der Waals surface area (Å²) in [4.78, 5) is 11.5. The second-order valence-corrected chi connectivity index (χ2v) is 9.25. The molecule has 32 heavy (non-hydrogen) atoms. The fourth-order valence-electron chi connectivity index (χ4n) is 4.56. The lowest BCUT2D eigenvalue weighted by molar-refractivity contribution is -0.0146. The maximum atomic E-state index is 6.64. The highest BCUT2D eigenvalue weighted by Crippen LogP contribution is 2.39. The molecule has 2 saturated heterocycles. The van der Waals surface area contributed by atoms with Crippen LogP contribution in [0.1, 0.15) is 39.0 Å². The molecule has 0 bridgehead atoms. The monoisotopic (exact) mass is 472 g/mol. The third-order valence-corrected chi connectivity index (χ3v) is 7.18. The minimum atomic E-state index is 0.0753. The molecule has 0 aliphatic carbocycles. The van der Waals surface area contributed by atoms with Crippen LogP contribution in [-0.2, 0) is 4.74 Å². The van der Waals surface area contributed by atoms with Crippen LogP contribution in [0.3, 0.4) is 0 Å². The lowest BCUT2D eigenvalue weighted by atomic mass is 9.88. The van der Waals surface area contributed by atoms with E-state index < -0.39 is 0 Å². The number of allylic oxidation sites excluding steroid dienone is 1. The molecule has 3 aromatic rings. The zero-order valence-electron chi connectivity index (χ0n) is 18.1. The van der Waals surface area contributed by atoms with Crippen molar-refractivity contribution in [2.24, 2.45) is 0 Å². The maximum Gasteiger partial charge on any atom is 0.227 e. The number of aromatic nitrogens is 4. The summed E-state index contributed by atoms with van der Waals surface area (Å²) in [7, 11) is 0. The quantitative estimate of drug-likeness (QED) is 0.497. The van der Waals surface area contributed by atoms with Gasteiger partial charge >= 0.3 is 0 Å². The van der Waals surface area contributed by atoms with Crippen LogP contribution in [0.5, 0.6) is 0 Å². The van der Waals surface area contributed by atoms with E-state index >= 15 is 0 Å². The van der Waals surface area contributed by atoms with Gasteiger partial charge in [0.05, 0.1) is 33.7 Å². The van der Waals surface area contributed by atoms with Gasteiger partial charge in [0.25, 0.3) is 0 Å². The zero-order valence-corrected chi connectivity index (χ0v) is 19.6. The summed E-state index contributed by atoms with van der Waals surface area (Å²) in [6, 6.07) is 3.98. The Morgan fingerprint density at radius 1 is 1.22 bits per heavy atom. The first-order valence-electron chi connectivity index (χ1n) is 11.0. The number of anilines is 3. The van der Waals surface area contributed by atoms with Gasteiger partial charge in [-0.25, -0.2) is 14.6 Å². The predicted octanol–water partition coefficient (Wildman–Crippen LogP) is 5.91. The highest BCUT2D eigenvalue weighted by atomic mass is 35.5. The average molecular weight is 473 g/mol. The number of nitrogens with one attached hydrogen (secondary N) is 1. The molecule has 1 spiro atoms. The van der Waals surface area contributed by atoms with E-state index in [9.17, 15) is 0 Å². The number of piperidine rings is 1. The molecule has 1 N–H and O–H groups in total. The van der Waals surface area contributed by atoms with Crippen molar-refractivity contribution in [3.05, 3.63) is 41.3 Å². The first-order valence-corrected chi connectivity index (χ1v) is 11.8. The number of fused-ring (bicyclic) bond motifs is 1.